The molecule has 2 aliphatic rings. The number of primary amides is 1. The van der Waals surface area contributed by atoms with Gasteiger partial charge in [-0.25, -0.2) is 0 Å². The molecule has 0 aromatic carbocycles. The standard InChI is InChI=1S/C14H25N3O2/c1-14(2,8-12(15)18)17-13(19)7-9-5-10-3-4-11(6-9)16-10/h9-11,16H,3-8H2,1-2H3,(H2,15,18)(H,17,19). The van der Waals surface area contributed by atoms with Gasteiger partial charge in [0.05, 0.1) is 0 Å². The largest absolute Gasteiger partial charge is 0.370 e. The smallest absolute Gasteiger partial charge is 0.220 e. The summed E-state index contributed by atoms with van der Waals surface area (Å²) in [7, 11) is 0. The van der Waals surface area contributed by atoms with E-state index in [1.807, 2.05) is 13.8 Å². The van der Waals surface area contributed by atoms with Crippen LogP contribution in [0.15, 0.2) is 0 Å². The predicted octanol–water partition coefficient (Wildman–Crippen LogP) is 0.677. The Morgan fingerprint density at radius 3 is 2.37 bits per heavy atom. The van der Waals surface area contributed by atoms with Crippen molar-refractivity contribution in [3.8, 4) is 0 Å². The van der Waals surface area contributed by atoms with Crippen molar-refractivity contribution in [2.24, 2.45) is 11.7 Å². The third-order valence-electron chi connectivity index (χ3n) is 4.14. The van der Waals surface area contributed by atoms with Crippen LogP contribution in [0.5, 0.6) is 0 Å². The minimum Gasteiger partial charge on any atom is -0.370 e. The normalized spacial score (nSPS) is 30.1. The van der Waals surface area contributed by atoms with Gasteiger partial charge >= 0.3 is 0 Å². The van der Waals surface area contributed by atoms with Crippen molar-refractivity contribution < 1.29 is 9.59 Å². The number of piperidine rings is 1. The van der Waals surface area contributed by atoms with Crippen molar-refractivity contribution in [2.75, 3.05) is 0 Å². The third kappa shape index (κ3) is 4.20. The fourth-order valence-corrected chi connectivity index (χ4v) is 3.51. The van der Waals surface area contributed by atoms with Gasteiger partial charge < -0.3 is 16.4 Å². The molecule has 2 heterocycles. The summed E-state index contributed by atoms with van der Waals surface area (Å²) in [6.45, 7) is 3.67. The molecule has 2 rings (SSSR count). The number of nitrogens with one attached hydrogen (secondary N) is 2. The molecule has 2 amide bonds. The highest BCUT2D eigenvalue weighted by Gasteiger charge is 2.34. The van der Waals surface area contributed by atoms with Gasteiger partial charge in [0.15, 0.2) is 0 Å². The molecule has 2 aliphatic heterocycles. The maximum atomic E-state index is 12.1. The second-order valence-corrected chi connectivity index (χ2v) is 6.75. The van der Waals surface area contributed by atoms with Crippen LogP contribution in [-0.4, -0.2) is 29.4 Å². The van der Waals surface area contributed by atoms with Crippen molar-refractivity contribution in [3.05, 3.63) is 0 Å². The number of hydrogen-bond acceptors (Lipinski definition) is 3. The Labute approximate surface area is 114 Å². The second kappa shape index (κ2) is 5.49. The summed E-state index contributed by atoms with van der Waals surface area (Å²) < 4.78 is 0. The molecule has 0 aromatic heterocycles. The second-order valence-electron chi connectivity index (χ2n) is 6.75. The van der Waals surface area contributed by atoms with E-state index in [1.165, 1.54) is 12.8 Å². The summed E-state index contributed by atoms with van der Waals surface area (Å²) in [5.74, 6) is 0.130. The van der Waals surface area contributed by atoms with Gasteiger partial charge in [-0.1, -0.05) is 0 Å². The van der Waals surface area contributed by atoms with E-state index in [2.05, 4.69) is 10.6 Å². The summed E-state index contributed by atoms with van der Waals surface area (Å²) in [6, 6.07) is 1.21. The molecule has 0 aliphatic carbocycles. The SMILES string of the molecule is CC(C)(CC(N)=O)NC(=O)CC1CC2CCC(C1)N2. The van der Waals surface area contributed by atoms with Gasteiger partial charge in [-0.15, -0.1) is 0 Å². The zero-order valence-corrected chi connectivity index (χ0v) is 11.9. The lowest BCUT2D eigenvalue weighted by Gasteiger charge is -2.30. The van der Waals surface area contributed by atoms with Crippen LogP contribution in [0.3, 0.4) is 0 Å². The van der Waals surface area contributed by atoms with Crippen LogP contribution in [0.25, 0.3) is 0 Å². The molecule has 0 radical (unpaired) electrons. The Bertz CT molecular complexity index is 356. The van der Waals surface area contributed by atoms with Crippen LogP contribution in [0.1, 0.15) is 52.4 Å². The topological polar surface area (TPSA) is 84.2 Å². The van der Waals surface area contributed by atoms with Crippen molar-refractivity contribution in [1.29, 1.82) is 0 Å². The molecule has 5 nitrogen and oxygen atoms in total. The van der Waals surface area contributed by atoms with Crippen molar-refractivity contribution in [3.63, 3.8) is 0 Å². The monoisotopic (exact) mass is 267 g/mol. The fourth-order valence-electron chi connectivity index (χ4n) is 3.51. The van der Waals surface area contributed by atoms with Gasteiger partial charge in [-0.3, -0.25) is 9.59 Å². The molecule has 2 fully saturated rings. The zero-order valence-electron chi connectivity index (χ0n) is 11.9. The minimum absolute atomic E-state index is 0.0394. The van der Waals surface area contributed by atoms with Crippen LogP contribution >= 0.6 is 0 Å². The molecule has 19 heavy (non-hydrogen) atoms. The zero-order chi connectivity index (χ0) is 14.0. The molecule has 2 atom stereocenters. The highest BCUT2D eigenvalue weighted by molar-refractivity contribution is 5.79. The minimum atomic E-state index is -0.547. The molecule has 4 N–H and O–H groups in total. The van der Waals surface area contributed by atoms with Crippen LogP contribution < -0.4 is 16.4 Å². The first-order valence-electron chi connectivity index (χ1n) is 7.19. The molecule has 5 heteroatoms. The van der Waals surface area contributed by atoms with Gasteiger partial charge in [-0.05, 0) is 45.4 Å². The van der Waals surface area contributed by atoms with Crippen molar-refractivity contribution in [1.82, 2.24) is 10.6 Å². The van der Waals surface area contributed by atoms with E-state index in [0.717, 1.165) is 12.8 Å². The van der Waals surface area contributed by atoms with E-state index in [1.54, 1.807) is 0 Å². The average molecular weight is 267 g/mol. The molecule has 2 unspecified atom stereocenters. The summed E-state index contributed by atoms with van der Waals surface area (Å²) in [6.07, 6.45) is 5.43. The fraction of sp³-hybridized carbons (Fsp3) is 0.857. The summed E-state index contributed by atoms with van der Waals surface area (Å²) in [4.78, 5) is 23.0. The van der Waals surface area contributed by atoms with E-state index in [9.17, 15) is 9.59 Å². The van der Waals surface area contributed by atoms with E-state index in [4.69, 9.17) is 5.73 Å². The lowest BCUT2D eigenvalue weighted by molar-refractivity contribution is -0.125. The maximum absolute atomic E-state index is 12.1. The summed E-state index contributed by atoms with van der Waals surface area (Å²) in [5, 5.41) is 6.50. The Hall–Kier alpha value is -1.10. The van der Waals surface area contributed by atoms with Gasteiger partial charge in [0.1, 0.15) is 0 Å². The van der Waals surface area contributed by atoms with Crippen LogP contribution in [0.4, 0.5) is 0 Å². The average Bonchev–Trinajstić information content (AvgIpc) is 2.54. The van der Waals surface area contributed by atoms with E-state index < -0.39 is 5.54 Å². The van der Waals surface area contributed by atoms with Crippen LogP contribution in [0, 0.1) is 5.92 Å². The molecular formula is C14H25N3O2. The predicted molar refractivity (Wildman–Crippen MR) is 73.3 cm³/mol. The number of hydrogen-bond donors (Lipinski definition) is 3. The van der Waals surface area contributed by atoms with Gasteiger partial charge in [-0.2, -0.15) is 0 Å². The van der Waals surface area contributed by atoms with Crippen molar-refractivity contribution >= 4 is 11.8 Å². The first kappa shape index (κ1) is 14.3. The number of nitrogens with two attached hydrogens (primary N) is 1. The number of rotatable bonds is 5. The van der Waals surface area contributed by atoms with E-state index in [0.29, 0.717) is 24.4 Å². The molecule has 0 spiro atoms. The first-order valence-corrected chi connectivity index (χ1v) is 7.19. The molecule has 108 valence electrons. The first-order chi connectivity index (χ1) is 8.84. The Balaban J connectivity index is 1.79. The van der Waals surface area contributed by atoms with E-state index in [-0.39, 0.29) is 18.2 Å². The molecule has 2 saturated heterocycles. The van der Waals surface area contributed by atoms with Crippen LogP contribution in [-0.2, 0) is 9.59 Å². The lowest BCUT2D eigenvalue weighted by atomic mass is 9.89. The van der Waals surface area contributed by atoms with Gasteiger partial charge in [0, 0.05) is 30.5 Å². The molecule has 0 saturated carbocycles. The number of carbonyl (C=O) groups is 2. The quantitative estimate of drug-likeness (QED) is 0.685. The highest BCUT2D eigenvalue weighted by atomic mass is 16.2. The van der Waals surface area contributed by atoms with E-state index >= 15 is 0 Å². The number of fused-ring (bicyclic) bond motifs is 2. The Morgan fingerprint density at radius 2 is 1.84 bits per heavy atom. The third-order valence-corrected chi connectivity index (χ3v) is 4.14. The molecular weight excluding hydrogens is 242 g/mol. The number of amides is 2. The number of carbonyl (C=O) groups excluding carboxylic acids is 2. The molecule has 2 bridgehead atoms. The van der Waals surface area contributed by atoms with Crippen LogP contribution in [0.2, 0.25) is 0 Å². The molecule has 0 aromatic rings. The Morgan fingerprint density at radius 1 is 1.26 bits per heavy atom. The maximum Gasteiger partial charge on any atom is 0.220 e. The van der Waals surface area contributed by atoms with Crippen molar-refractivity contribution in [2.45, 2.75) is 70.0 Å². The summed E-state index contributed by atoms with van der Waals surface area (Å²) >= 11 is 0. The summed E-state index contributed by atoms with van der Waals surface area (Å²) in [5.41, 5.74) is 4.64. The highest BCUT2D eigenvalue weighted by Crippen LogP contribution is 2.32. The van der Waals surface area contributed by atoms with Gasteiger partial charge in [0.2, 0.25) is 11.8 Å². The Kier molecular flexibility index (Phi) is 4.13. The van der Waals surface area contributed by atoms with Gasteiger partial charge in [0.25, 0.3) is 0 Å². The lowest BCUT2D eigenvalue weighted by Crippen LogP contribution is -2.47.